The highest BCUT2D eigenvalue weighted by Gasteiger charge is 2.28. The molecule has 7 heteroatoms. The smallest absolute Gasteiger partial charge is 0.300 e. The van der Waals surface area contributed by atoms with E-state index in [1.165, 1.54) is 36.6 Å². The van der Waals surface area contributed by atoms with Crippen molar-refractivity contribution in [1.82, 2.24) is 4.90 Å². The number of nitrogens with zero attached hydrogens (tertiary/aromatic N) is 1. The van der Waals surface area contributed by atoms with Crippen molar-refractivity contribution in [2.45, 2.75) is 19.4 Å². The lowest BCUT2D eigenvalue weighted by Crippen LogP contribution is -2.18. The van der Waals surface area contributed by atoms with Crippen LogP contribution in [0.25, 0.3) is 11.3 Å². The van der Waals surface area contributed by atoms with Crippen LogP contribution in [0, 0.1) is 17.7 Å². The van der Waals surface area contributed by atoms with Gasteiger partial charge in [0.05, 0.1) is 17.0 Å². The van der Waals surface area contributed by atoms with E-state index in [1.807, 2.05) is 36.4 Å². The predicted molar refractivity (Wildman–Crippen MR) is 165 cm³/mol. The Morgan fingerprint density at radius 2 is 1.64 bits per heavy atom. The van der Waals surface area contributed by atoms with Crippen LogP contribution in [-0.4, -0.2) is 29.8 Å². The first-order valence-corrected chi connectivity index (χ1v) is 13.9. The molecule has 0 spiro atoms. The molecule has 208 valence electrons. The molecule has 0 aliphatic carbocycles. The molecule has 42 heavy (non-hydrogen) atoms. The number of rotatable bonds is 6. The maximum absolute atomic E-state index is 13.4. The van der Waals surface area contributed by atoms with Gasteiger partial charge in [0.15, 0.2) is 0 Å². The fraction of sp³-hybridized carbons (Fsp3) is 0.143. The van der Waals surface area contributed by atoms with Crippen molar-refractivity contribution in [3.8, 4) is 11.8 Å². The topological polar surface area (TPSA) is 73.5 Å². The minimum absolute atomic E-state index is 0.226. The van der Waals surface area contributed by atoms with Crippen molar-refractivity contribution >= 4 is 40.1 Å². The number of carbonyl (C=O) groups is 2. The highest BCUT2D eigenvalue weighted by atomic mass is 19.1. The zero-order chi connectivity index (χ0) is 28.9. The van der Waals surface area contributed by atoms with Crippen molar-refractivity contribution in [2.24, 2.45) is 0 Å². The zero-order valence-corrected chi connectivity index (χ0v) is 22.9. The summed E-state index contributed by atoms with van der Waals surface area (Å²) in [6.07, 6.45) is 2.52. The minimum Gasteiger partial charge on any atom is -0.354 e. The number of fused-ring (bicyclic) bond motifs is 1. The average molecular weight is 557 g/mol. The van der Waals surface area contributed by atoms with Crippen LogP contribution in [0.4, 0.5) is 21.5 Å². The lowest BCUT2D eigenvalue weighted by Gasteiger charge is -2.17. The second kappa shape index (κ2) is 12.1. The largest absolute Gasteiger partial charge is 0.354 e. The standard InChI is InChI=1S/C35H29FN4O2/c36-27-9-6-10-29(22-27)37-32(41)18-14-24-13-17-30-31(21-24)39-35(42)33(30)34(26-7-2-1-3-8-26)38-28-15-11-25(12-16-28)23-40-19-4-5-20-40/h1-3,6-13,15-17,21-22,38H,4-5,19-20,23H2,(H,37,41)(H,39,42). The van der Waals surface area contributed by atoms with Gasteiger partial charge in [-0.3, -0.25) is 14.5 Å². The lowest BCUT2D eigenvalue weighted by molar-refractivity contribution is -0.111. The highest BCUT2D eigenvalue weighted by molar-refractivity contribution is 6.37. The quantitative estimate of drug-likeness (QED) is 0.191. The molecular formula is C35H29FN4O2. The maximum Gasteiger partial charge on any atom is 0.300 e. The van der Waals surface area contributed by atoms with Crippen LogP contribution in [0.3, 0.4) is 0 Å². The second-order valence-corrected chi connectivity index (χ2v) is 10.4. The number of carbonyl (C=O) groups excluding carboxylic acids is 2. The van der Waals surface area contributed by atoms with Crippen LogP contribution in [0.2, 0.25) is 0 Å². The van der Waals surface area contributed by atoms with Gasteiger partial charge in [0.25, 0.3) is 5.91 Å². The molecule has 0 unspecified atom stereocenters. The molecule has 0 bridgehead atoms. The molecule has 0 atom stereocenters. The van der Waals surface area contributed by atoms with E-state index in [4.69, 9.17) is 0 Å². The summed E-state index contributed by atoms with van der Waals surface area (Å²) in [7, 11) is 0. The van der Waals surface area contributed by atoms with E-state index < -0.39 is 11.7 Å². The number of nitrogens with one attached hydrogen (secondary N) is 3. The number of hydrogen-bond donors (Lipinski definition) is 3. The first kappa shape index (κ1) is 27.0. The summed E-state index contributed by atoms with van der Waals surface area (Å²) in [6, 6.07) is 29.1. The predicted octanol–water partition coefficient (Wildman–Crippen LogP) is 6.34. The SMILES string of the molecule is O=C(C#Cc1ccc2c(c1)NC(=O)C2=C(Nc1ccc(CN2CCCC2)cc1)c1ccccc1)Nc1cccc(F)c1. The number of amides is 2. The minimum atomic E-state index is -0.562. The third kappa shape index (κ3) is 6.25. The van der Waals surface area contributed by atoms with Crippen molar-refractivity contribution in [3.05, 3.63) is 125 Å². The van der Waals surface area contributed by atoms with Crippen LogP contribution in [0.5, 0.6) is 0 Å². The number of anilines is 3. The molecule has 6 nitrogen and oxygen atoms in total. The van der Waals surface area contributed by atoms with Crippen LogP contribution < -0.4 is 16.0 Å². The first-order chi connectivity index (χ1) is 20.5. The van der Waals surface area contributed by atoms with Crippen LogP contribution in [0.15, 0.2) is 97.1 Å². The molecule has 4 aromatic rings. The molecule has 2 aliphatic rings. The van der Waals surface area contributed by atoms with Crippen LogP contribution in [-0.2, 0) is 16.1 Å². The summed E-state index contributed by atoms with van der Waals surface area (Å²) in [5, 5.41) is 9.02. The van der Waals surface area contributed by atoms with Gasteiger partial charge < -0.3 is 16.0 Å². The van der Waals surface area contributed by atoms with E-state index in [0.29, 0.717) is 28.2 Å². The molecule has 0 saturated carbocycles. The van der Waals surface area contributed by atoms with Gasteiger partial charge in [-0.05, 0) is 79.5 Å². The van der Waals surface area contributed by atoms with Gasteiger partial charge in [0, 0.05) is 35.0 Å². The number of hydrogen-bond acceptors (Lipinski definition) is 4. The van der Waals surface area contributed by atoms with E-state index in [-0.39, 0.29) is 5.91 Å². The normalized spacial score (nSPS) is 15.3. The average Bonchev–Trinajstić information content (AvgIpc) is 3.62. The number of likely N-dealkylation sites (tertiary alicyclic amines) is 1. The first-order valence-electron chi connectivity index (χ1n) is 13.9. The summed E-state index contributed by atoms with van der Waals surface area (Å²) in [5.74, 6) is 4.12. The Hall–Kier alpha value is -5.19. The zero-order valence-electron chi connectivity index (χ0n) is 22.9. The van der Waals surface area contributed by atoms with E-state index in [1.54, 1.807) is 18.2 Å². The third-order valence-electron chi connectivity index (χ3n) is 7.31. The number of halogens is 1. The fourth-order valence-corrected chi connectivity index (χ4v) is 5.28. The van der Waals surface area contributed by atoms with Gasteiger partial charge in [-0.2, -0.15) is 0 Å². The second-order valence-electron chi connectivity index (χ2n) is 10.4. The van der Waals surface area contributed by atoms with Crippen molar-refractivity contribution in [2.75, 3.05) is 29.0 Å². The molecule has 2 heterocycles. The Balaban J connectivity index is 1.26. The summed E-state index contributed by atoms with van der Waals surface area (Å²) >= 11 is 0. The summed E-state index contributed by atoms with van der Waals surface area (Å²) in [4.78, 5) is 28.1. The Bertz CT molecular complexity index is 1730. The van der Waals surface area contributed by atoms with Gasteiger partial charge in [0.2, 0.25) is 0 Å². The molecule has 2 amide bonds. The molecule has 6 rings (SSSR count). The Kier molecular flexibility index (Phi) is 7.80. The van der Waals surface area contributed by atoms with Crippen molar-refractivity contribution in [3.63, 3.8) is 0 Å². The molecule has 1 saturated heterocycles. The molecular weight excluding hydrogens is 527 g/mol. The van der Waals surface area contributed by atoms with Gasteiger partial charge in [-0.15, -0.1) is 0 Å². The summed E-state index contributed by atoms with van der Waals surface area (Å²) < 4.78 is 13.4. The maximum atomic E-state index is 13.4. The molecule has 4 aromatic carbocycles. The summed E-state index contributed by atoms with van der Waals surface area (Å²) in [5.41, 5.74) is 6.51. The van der Waals surface area contributed by atoms with Crippen molar-refractivity contribution < 1.29 is 14.0 Å². The van der Waals surface area contributed by atoms with Gasteiger partial charge in [0.1, 0.15) is 5.82 Å². The van der Waals surface area contributed by atoms with Gasteiger partial charge in [-0.1, -0.05) is 60.5 Å². The Labute approximate surface area is 244 Å². The monoisotopic (exact) mass is 556 g/mol. The molecule has 0 aromatic heterocycles. The Morgan fingerprint density at radius 3 is 2.40 bits per heavy atom. The molecule has 2 aliphatic heterocycles. The fourth-order valence-electron chi connectivity index (χ4n) is 5.28. The molecule has 0 radical (unpaired) electrons. The van der Waals surface area contributed by atoms with Crippen molar-refractivity contribution in [1.29, 1.82) is 0 Å². The molecule has 1 fully saturated rings. The van der Waals surface area contributed by atoms with E-state index in [0.717, 1.165) is 36.4 Å². The lowest BCUT2D eigenvalue weighted by atomic mass is 9.99. The highest BCUT2D eigenvalue weighted by Crippen LogP contribution is 2.38. The van der Waals surface area contributed by atoms with Crippen LogP contribution in [0.1, 0.15) is 35.1 Å². The van der Waals surface area contributed by atoms with E-state index >= 15 is 0 Å². The third-order valence-corrected chi connectivity index (χ3v) is 7.31. The molecule has 3 N–H and O–H groups in total. The van der Waals surface area contributed by atoms with Gasteiger partial charge in [-0.25, -0.2) is 4.39 Å². The summed E-state index contributed by atoms with van der Waals surface area (Å²) in [6.45, 7) is 3.24. The van der Waals surface area contributed by atoms with E-state index in [2.05, 4.69) is 57.0 Å². The van der Waals surface area contributed by atoms with Gasteiger partial charge >= 0.3 is 5.91 Å². The Morgan fingerprint density at radius 1 is 0.857 bits per heavy atom. The van der Waals surface area contributed by atoms with E-state index in [9.17, 15) is 14.0 Å². The van der Waals surface area contributed by atoms with Crippen LogP contribution >= 0.6 is 0 Å². The number of benzene rings is 4.